The standard InChI is InChI=1S/C11H10ClF3N4/c1-6-10(5-16)17-18-19(6)7-2-3-9(12)8(4-7)11(13,14)15/h2-4H,5,16H2,1H3. The molecule has 0 bridgehead atoms. The van der Waals surface area contributed by atoms with Gasteiger partial charge in [0.1, 0.15) is 0 Å². The molecule has 4 nitrogen and oxygen atoms in total. The van der Waals surface area contributed by atoms with E-state index in [-0.39, 0.29) is 17.3 Å². The summed E-state index contributed by atoms with van der Waals surface area (Å²) < 4.78 is 39.6. The van der Waals surface area contributed by atoms with E-state index in [2.05, 4.69) is 10.3 Å². The minimum atomic E-state index is -4.52. The molecule has 8 heteroatoms. The Hall–Kier alpha value is -1.60. The van der Waals surface area contributed by atoms with Gasteiger partial charge in [0.25, 0.3) is 0 Å². The van der Waals surface area contributed by atoms with E-state index in [1.165, 1.54) is 16.8 Å². The topological polar surface area (TPSA) is 56.7 Å². The number of hydrogen-bond donors (Lipinski definition) is 1. The van der Waals surface area contributed by atoms with E-state index in [9.17, 15) is 13.2 Å². The van der Waals surface area contributed by atoms with Gasteiger partial charge >= 0.3 is 6.18 Å². The average Bonchev–Trinajstić information content (AvgIpc) is 2.70. The summed E-state index contributed by atoms with van der Waals surface area (Å²) in [5.74, 6) is 0. The van der Waals surface area contributed by atoms with Crippen LogP contribution in [0.4, 0.5) is 13.2 Å². The molecule has 19 heavy (non-hydrogen) atoms. The van der Waals surface area contributed by atoms with Crippen LogP contribution in [0.2, 0.25) is 5.02 Å². The second-order valence-electron chi connectivity index (χ2n) is 3.90. The molecule has 2 N–H and O–H groups in total. The van der Waals surface area contributed by atoms with Crippen molar-refractivity contribution in [3.8, 4) is 5.69 Å². The Kier molecular flexibility index (Phi) is 3.51. The molecule has 0 aliphatic rings. The number of rotatable bonds is 2. The number of alkyl halides is 3. The maximum atomic E-state index is 12.8. The molecule has 0 spiro atoms. The van der Waals surface area contributed by atoms with E-state index in [1.54, 1.807) is 6.92 Å². The van der Waals surface area contributed by atoms with Crippen LogP contribution in [0.5, 0.6) is 0 Å². The SMILES string of the molecule is Cc1c(CN)nnn1-c1ccc(Cl)c(C(F)(F)F)c1. The van der Waals surface area contributed by atoms with Crippen molar-refractivity contribution < 1.29 is 13.2 Å². The second-order valence-corrected chi connectivity index (χ2v) is 4.31. The fourth-order valence-electron chi connectivity index (χ4n) is 1.66. The first-order chi connectivity index (χ1) is 8.84. The van der Waals surface area contributed by atoms with Crippen LogP contribution in [0.3, 0.4) is 0 Å². The van der Waals surface area contributed by atoms with E-state index in [0.717, 1.165) is 6.07 Å². The summed E-state index contributed by atoms with van der Waals surface area (Å²) in [6.07, 6.45) is -4.52. The molecular weight excluding hydrogens is 281 g/mol. The third-order valence-corrected chi connectivity index (χ3v) is 3.01. The molecule has 0 unspecified atom stereocenters. The first-order valence-electron chi connectivity index (χ1n) is 5.33. The molecular formula is C11H10ClF3N4. The van der Waals surface area contributed by atoms with E-state index in [4.69, 9.17) is 17.3 Å². The quantitative estimate of drug-likeness (QED) is 0.925. The van der Waals surface area contributed by atoms with E-state index in [0.29, 0.717) is 11.4 Å². The maximum absolute atomic E-state index is 12.8. The summed E-state index contributed by atoms with van der Waals surface area (Å²) >= 11 is 5.56. The number of benzene rings is 1. The number of hydrogen-bond acceptors (Lipinski definition) is 3. The van der Waals surface area contributed by atoms with E-state index < -0.39 is 11.7 Å². The molecule has 1 heterocycles. The van der Waals surface area contributed by atoms with Gasteiger partial charge in [-0.15, -0.1) is 5.10 Å². The Balaban J connectivity index is 2.55. The smallest absolute Gasteiger partial charge is 0.325 e. The normalized spacial score (nSPS) is 11.9. The van der Waals surface area contributed by atoms with Crippen LogP contribution in [-0.2, 0) is 12.7 Å². The van der Waals surface area contributed by atoms with Crippen molar-refractivity contribution >= 4 is 11.6 Å². The van der Waals surface area contributed by atoms with Crippen molar-refractivity contribution in [1.29, 1.82) is 0 Å². The number of nitrogens with zero attached hydrogens (tertiary/aromatic N) is 3. The highest BCUT2D eigenvalue weighted by Crippen LogP contribution is 2.35. The highest BCUT2D eigenvalue weighted by molar-refractivity contribution is 6.31. The lowest BCUT2D eigenvalue weighted by molar-refractivity contribution is -0.137. The van der Waals surface area contributed by atoms with Crippen LogP contribution >= 0.6 is 11.6 Å². The van der Waals surface area contributed by atoms with Gasteiger partial charge in [0.2, 0.25) is 0 Å². The average molecular weight is 291 g/mol. The minimum absolute atomic E-state index is 0.172. The number of halogens is 4. The van der Waals surface area contributed by atoms with Gasteiger partial charge in [0.15, 0.2) is 0 Å². The first kappa shape index (κ1) is 13.8. The molecule has 0 saturated heterocycles. The minimum Gasteiger partial charge on any atom is -0.325 e. The lowest BCUT2D eigenvalue weighted by Crippen LogP contribution is -2.08. The summed E-state index contributed by atoms with van der Waals surface area (Å²) in [4.78, 5) is 0. The van der Waals surface area contributed by atoms with Gasteiger partial charge in [-0.2, -0.15) is 13.2 Å². The van der Waals surface area contributed by atoms with Gasteiger partial charge < -0.3 is 5.73 Å². The summed E-state index contributed by atoms with van der Waals surface area (Å²) in [6, 6.07) is 3.56. The molecule has 102 valence electrons. The van der Waals surface area contributed by atoms with Crippen molar-refractivity contribution in [2.24, 2.45) is 5.73 Å². The lowest BCUT2D eigenvalue weighted by atomic mass is 10.2. The zero-order chi connectivity index (χ0) is 14.2. The van der Waals surface area contributed by atoms with Crippen LogP contribution in [0.25, 0.3) is 5.69 Å². The Labute approximate surface area is 112 Å². The van der Waals surface area contributed by atoms with Crippen molar-refractivity contribution in [3.63, 3.8) is 0 Å². The molecule has 0 fully saturated rings. The molecule has 0 aliphatic carbocycles. The fraction of sp³-hybridized carbons (Fsp3) is 0.273. The summed E-state index contributed by atoms with van der Waals surface area (Å²) in [5.41, 5.74) is 5.91. The van der Waals surface area contributed by atoms with Gasteiger partial charge in [-0.3, -0.25) is 0 Å². The Morgan fingerprint density at radius 2 is 2.05 bits per heavy atom. The lowest BCUT2D eigenvalue weighted by Gasteiger charge is -2.11. The van der Waals surface area contributed by atoms with Gasteiger partial charge in [0.05, 0.1) is 27.7 Å². The Morgan fingerprint density at radius 1 is 1.37 bits per heavy atom. The zero-order valence-corrected chi connectivity index (χ0v) is 10.6. The summed E-state index contributed by atoms with van der Waals surface area (Å²) in [6.45, 7) is 1.86. The summed E-state index contributed by atoms with van der Waals surface area (Å²) in [5, 5.41) is 7.23. The molecule has 1 aromatic heterocycles. The largest absolute Gasteiger partial charge is 0.417 e. The molecule has 0 amide bonds. The molecule has 0 saturated carbocycles. The predicted molar refractivity (Wildman–Crippen MR) is 64.0 cm³/mol. The van der Waals surface area contributed by atoms with Crippen molar-refractivity contribution in [2.75, 3.05) is 0 Å². The third-order valence-electron chi connectivity index (χ3n) is 2.68. The van der Waals surface area contributed by atoms with Crippen molar-refractivity contribution in [2.45, 2.75) is 19.6 Å². The van der Waals surface area contributed by atoms with Gasteiger partial charge in [-0.1, -0.05) is 16.8 Å². The molecule has 2 aromatic rings. The third kappa shape index (κ3) is 2.57. The molecule has 2 rings (SSSR count). The van der Waals surface area contributed by atoms with Crippen LogP contribution in [-0.4, -0.2) is 15.0 Å². The monoisotopic (exact) mass is 290 g/mol. The van der Waals surface area contributed by atoms with Crippen LogP contribution in [0.1, 0.15) is 17.0 Å². The molecule has 0 radical (unpaired) electrons. The number of nitrogens with two attached hydrogens (primary N) is 1. The van der Waals surface area contributed by atoms with Crippen molar-refractivity contribution in [1.82, 2.24) is 15.0 Å². The Morgan fingerprint density at radius 3 is 2.58 bits per heavy atom. The molecule has 0 atom stereocenters. The van der Waals surface area contributed by atoms with Crippen LogP contribution < -0.4 is 5.73 Å². The van der Waals surface area contributed by atoms with E-state index in [1.807, 2.05) is 0 Å². The van der Waals surface area contributed by atoms with Gasteiger partial charge in [-0.25, -0.2) is 4.68 Å². The predicted octanol–water partition coefficient (Wildman–Crippen LogP) is 2.71. The Bertz CT molecular complexity index is 606. The first-order valence-corrected chi connectivity index (χ1v) is 5.70. The second kappa shape index (κ2) is 4.82. The van der Waals surface area contributed by atoms with Crippen LogP contribution in [0, 0.1) is 6.92 Å². The van der Waals surface area contributed by atoms with E-state index >= 15 is 0 Å². The highest BCUT2D eigenvalue weighted by Gasteiger charge is 2.33. The summed E-state index contributed by atoms with van der Waals surface area (Å²) in [7, 11) is 0. The fourth-order valence-corrected chi connectivity index (χ4v) is 1.88. The van der Waals surface area contributed by atoms with Gasteiger partial charge in [0, 0.05) is 6.54 Å². The highest BCUT2D eigenvalue weighted by atomic mass is 35.5. The van der Waals surface area contributed by atoms with Crippen LogP contribution in [0.15, 0.2) is 18.2 Å². The zero-order valence-electron chi connectivity index (χ0n) is 9.87. The number of aromatic nitrogens is 3. The van der Waals surface area contributed by atoms with Crippen molar-refractivity contribution in [3.05, 3.63) is 40.2 Å². The van der Waals surface area contributed by atoms with Gasteiger partial charge in [-0.05, 0) is 25.1 Å². The molecule has 1 aromatic carbocycles. The molecule has 0 aliphatic heterocycles. The maximum Gasteiger partial charge on any atom is 0.417 e.